The zero-order chi connectivity index (χ0) is 14.7. The Morgan fingerprint density at radius 2 is 1.85 bits per heavy atom. The van der Waals surface area contributed by atoms with Gasteiger partial charge in [0.05, 0.1) is 0 Å². The highest BCUT2D eigenvalue weighted by Gasteiger charge is 2.28. The molecule has 1 atom stereocenters. The van der Waals surface area contributed by atoms with Crippen LogP contribution in [0.25, 0.3) is 0 Å². The molecule has 1 aliphatic carbocycles. The van der Waals surface area contributed by atoms with E-state index < -0.39 is 6.03 Å². The molecule has 6 nitrogen and oxygen atoms in total. The molecule has 0 saturated heterocycles. The molecule has 0 saturated carbocycles. The van der Waals surface area contributed by atoms with Gasteiger partial charge in [0.25, 0.3) is 0 Å². The van der Waals surface area contributed by atoms with Gasteiger partial charge in [-0.2, -0.15) is 0 Å². The van der Waals surface area contributed by atoms with Crippen LogP contribution in [0.15, 0.2) is 18.2 Å². The molecular weight excluding hydrogens is 258 g/mol. The van der Waals surface area contributed by atoms with Crippen molar-refractivity contribution in [1.29, 1.82) is 0 Å². The molecule has 0 heterocycles. The Morgan fingerprint density at radius 3 is 2.50 bits per heavy atom. The molecule has 2 rings (SSSR count). The fourth-order valence-electron chi connectivity index (χ4n) is 2.36. The van der Waals surface area contributed by atoms with Crippen LogP contribution in [-0.4, -0.2) is 24.9 Å². The number of fused-ring (bicyclic) bond motifs is 1. The number of hydrogen-bond acceptors (Lipinski definition) is 3. The van der Waals surface area contributed by atoms with E-state index in [1.807, 2.05) is 18.2 Å². The summed E-state index contributed by atoms with van der Waals surface area (Å²) in [5.41, 5.74) is 2.84. The Kier molecular flexibility index (Phi) is 4.02. The topological polar surface area (TPSA) is 87.3 Å². The van der Waals surface area contributed by atoms with E-state index >= 15 is 0 Å². The van der Waals surface area contributed by atoms with Crippen LogP contribution in [0, 0.1) is 5.92 Å². The van der Waals surface area contributed by atoms with Crippen LogP contribution in [0.2, 0.25) is 0 Å². The average molecular weight is 275 g/mol. The van der Waals surface area contributed by atoms with Crippen LogP contribution in [-0.2, 0) is 22.4 Å². The fraction of sp³-hybridized carbons (Fsp3) is 0.357. The molecule has 0 spiro atoms. The second-order valence-corrected chi connectivity index (χ2v) is 4.84. The van der Waals surface area contributed by atoms with E-state index in [1.165, 1.54) is 14.0 Å². The van der Waals surface area contributed by atoms with Crippen molar-refractivity contribution in [2.75, 3.05) is 12.4 Å². The third-order valence-corrected chi connectivity index (χ3v) is 3.29. The number of carbonyl (C=O) groups is 3. The predicted octanol–water partition coefficient (Wildman–Crippen LogP) is 0.815. The first kappa shape index (κ1) is 14.0. The highest BCUT2D eigenvalue weighted by atomic mass is 16.2. The quantitative estimate of drug-likeness (QED) is 0.746. The number of hydrogen-bond donors (Lipinski definition) is 3. The molecule has 1 aromatic carbocycles. The molecule has 0 aliphatic heterocycles. The lowest BCUT2D eigenvalue weighted by Gasteiger charge is -2.08. The van der Waals surface area contributed by atoms with Crippen LogP contribution in [0.3, 0.4) is 0 Å². The third kappa shape index (κ3) is 3.14. The van der Waals surface area contributed by atoms with E-state index in [4.69, 9.17) is 0 Å². The molecular formula is C14H17N3O3. The fourth-order valence-corrected chi connectivity index (χ4v) is 2.36. The lowest BCUT2D eigenvalue weighted by molar-refractivity contribution is -0.123. The van der Waals surface area contributed by atoms with Crippen molar-refractivity contribution in [2.24, 2.45) is 5.92 Å². The number of carbonyl (C=O) groups excluding carboxylic acids is 3. The van der Waals surface area contributed by atoms with Crippen molar-refractivity contribution < 1.29 is 14.4 Å². The molecule has 20 heavy (non-hydrogen) atoms. The summed E-state index contributed by atoms with van der Waals surface area (Å²) in [5, 5.41) is 7.36. The van der Waals surface area contributed by atoms with Gasteiger partial charge >= 0.3 is 6.03 Å². The van der Waals surface area contributed by atoms with E-state index in [9.17, 15) is 14.4 Å². The van der Waals surface area contributed by atoms with E-state index in [-0.39, 0.29) is 17.7 Å². The molecule has 1 unspecified atom stereocenters. The predicted molar refractivity (Wildman–Crippen MR) is 74.2 cm³/mol. The minimum absolute atomic E-state index is 0.128. The van der Waals surface area contributed by atoms with Gasteiger partial charge in [0.15, 0.2) is 0 Å². The molecule has 0 aromatic heterocycles. The van der Waals surface area contributed by atoms with Crippen LogP contribution in [0.5, 0.6) is 0 Å². The van der Waals surface area contributed by atoms with Gasteiger partial charge in [0.1, 0.15) is 0 Å². The molecule has 4 amide bonds. The number of nitrogens with one attached hydrogen (secondary N) is 3. The number of urea groups is 1. The van der Waals surface area contributed by atoms with Crippen LogP contribution >= 0.6 is 0 Å². The molecule has 6 heteroatoms. The Bertz CT molecular complexity index is 569. The zero-order valence-corrected chi connectivity index (χ0v) is 11.4. The number of amides is 4. The van der Waals surface area contributed by atoms with Crippen molar-refractivity contribution in [2.45, 2.75) is 19.8 Å². The summed E-state index contributed by atoms with van der Waals surface area (Å²) in [4.78, 5) is 34.1. The Balaban J connectivity index is 2.05. The molecule has 106 valence electrons. The Morgan fingerprint density at radius 1 is 1.15 bits per heavy atom. The maximum absolute atomic E-state index is 11.9. The van der Waals surface area contributed by atoms with Crippen molar-refractivity contribution in [3.05, 3.63) is 29.3 Å². The van der Waals surface area contributed by atoms with E-state index in [2.05, 4.69) is 16.0 Å². The number of anilines is 1. The zero-order valence-electron chi connectivity index (χ0n) is 11.4. The molecule has 0 bridgehead atoms. The van der Waals surface area contributed by atoms with Crippen LogP contribution in [0.1, 0.15) is 18.1 Å². The summed E-state index contributed by atoms with van der Waals surface area (Å²) in [6.45, 7) is 1.45. The number of imide groups is 1. The molecule has 0 fully saturated rings. The highest BCUT2D eigenvalue weighted by Crippen LogP contribution is 2.29. The summed E-state index contributed by atoms with van der Waals surface area (Å²) in [6, 6.07) is 5.11. The number of rotatable bonds is 2. The SMILES string of the molecule is CNC(=O)NC(=O)C1Cc2ccc(NC(C)=O)cc2C1. The largest absolute Gasteiger partial charge is 0.341 e. The van der Waals surface area contributed by atoms with Gasteiger partial charge in [0, 0.05) is 25.6 Å². The van der Waals surface area contributed by atoms with Gasteiger partial charge in [-0.05, 0) is 36.1 Å². The van der Waals surface area contributed by atoms with Crippen molar-refractivity contribution in [1.82, 2.24) is 10.6 Å². The Labute approximate surface area is 116 Å². The lowest BCUT2D eigenvalue weighted by Crippen LogP contribution is -2.41. The summed E-state index contributed by atoms with van der Waals surface area (Å²) in [7, 11) is 1.46. The third-order valence-electron chi connectivity index (χ3n) is 3.29. The second kappa shape index (κ2) is 5.73. The van der Waals surface area contributed by atoms with Gasteiger partial charge in [-0.25, -0.2) is 4.79 Å². The maximum atomic E-state index is 11.9. The van der Waals surface area contributed by atoms with Crippen molar-refractivity contribution in [3.8, 4) is 0 Å². The second-order valence-electron chi connectivity index (χ2n) is 4.84. The molecule has 0 radical (unpaired) electrons. The monoisotopic (exact) mass is 275 g/mol. The lowest BCUT2D eigenvalue weighted by atomic mass is 10.1. The first-order valence-electron chi connectivity index (χ1n) is 6.41. The maximum Gasteiger partial charge on any atom is 0.321 e. The number of benzene rings is 1. The van der Waals surface area contributed by atoms with E-state index in [1.54, 1.807) is 0 Å². The van der Waals surface area contributed by atoms with E-state index in [0.29, 0.717) is 12.8 Å². The van der Waals surface area contributed by atoms with Crippen molar-refractivity contribution in [3.63, 3.8) is 0 Å². The van der Waals surface area contributed by atoms with Crippen molar-refractivity contribution >= 4 is 23.5 Å². The van der Waals surface area contributed by atoms with Gasteiger partial charge in [-0.1, -0.05) is 6.07 Å². The standard InChI is InChI=1S/C14H17N3O3/c1-8(18)16-12-4-3-9-5-11(6-10(9)7-12)13(19)17-14(20)15-2/h3-4,7,11H,5-6H2,1-2H3,(H,16,18)(H2,15,17,19,20). The van der Waals surface area contributed by atoms with Gasteiger partial charge in [-0.15, -0.1) is 0 Å². The first-order valence-corrected chi connectivity index (χ1v) is 6.41. The minimum Gasteiger partial charge on any atom is -0.341 e. The molecule has 3 N–H and O–H groups in total. The van der Waals surface area contributed by atoms with E-state index in [0.717, 1.165) is 16.8 Å². The summed E-state index contributed by atoms with van der Waals surface area (Å²) in [6.07, 6.45) is 1.18. The normalized spacial score (nSPS) is 16.2. The highest BCUT2D eigenvalue weighted by molar-refractivity contribution is 5.96. The molecule has 1 aliphatic rings. The summed E-state index contributed by atoms with van der Waals surface area (Å²) < 4.78 is 0. The van der Waals surface area contributed by atoms with Gasteiger partial charge in [0.2, 0.25) is 11.8 Å². The van der Waals surface area contributed by atoms with Gasteiger partial charge in [-0.3, -0.25) is 14.9 Å². The molecule has 1 aromatic rings. The summed E-state index contributed by atoms with van der Waals surface area (Å²) >= 11 is 0. The Hall–Kier alpha value is -2.37. The van der Waals surface area contributed by atoms with Crippen LogP contribution < -0.4 is 16.0 Å². The average Bonchev–Trinajstić information content (AvgIpc) is 2.81. The van der Waals surface area contributed by atoms with Gasteiger partial charge < -0.3 is 10.6 Å². The first-order chi connectivity index (χ1) is 9.49. The summed E-state index contributed by atoms with van der Waals surface area (Å²) in [5.74, 6) is -0.645. The smallest absolute Gasteiger partial charge is 0.321 e. The minimum atomic E-state index is -0.495. The van der Waals surface area contributed by atoms with Crippen LogP contribution in [0.4, 0.5) is 10.5 Å².